The van der Waals surface area contributed by atoms with Gasteiger partial charge in [-0.05, 0) is 38.1 Å². The molecule has 4 nitrogen and oxygen atoms in total. The molecule has 0 aliphatic carbocycles. The van der Waals surface area contributed by atoms with Crippen LogP contribution in [0.3, 0.4) is 0 Å². The van der Waals surface area contributed by atoms with Crippen LogP contribution in [0.5, 0.6) is 5.75 Å². The summed E-state index contributed by atoms with van der Waals surface area (Å²) in [6.45, 7) is 6.72. The number of nitrogens with one attached hydrogen (secondary N) is 1. The first kappa shape index (κ1) is 14.6. The largest absolute Gasteiger partial charge is 0.492 e. The lowest BCUT2D eigenvalue weighted by Gasteiger charge is -2.20. The quantitative estimate of drug-likeness (QED) is 0.803. The van der Waals surface area contributed by atoms with Crippen LogP contribution >= 0.6 is 0 Å². The molecule has 0 amide bonds. The first-order chi connectivity index (χ1) is 9.85. The van der Waals surface area contributed by atoms with Gasteiger partial charge in [0.15, 0.2) is 0 Å². The van der Waals surface area contributed by atoms with Crippen molar-refractivity contribution in [1.82, 2.24) is 15.1 Å². The van der Waals surface area contributed by atoms with Gasteiger partial charge in [-0.15, -0.1) is 0 Å². The van der Waals surface area contributed by atoms with E-state index in [1.54, 1.807) is 0 Å². The zero-order valence-corrected chi connectivity index (χ0v) is 12.2. The number of aryl methyl sites for hydroxylation is 1. The van der Waals surface area contributed by atoms with Crippen LogP contribution < -0.4 is 10.1 Å². The third-order valence-electron chi connectivity index (χ3n) is 3.21. The molecule has 0 bridgehead atoms. The van der Waals surface area contributed by atoms with E-state index in [0.717, 1.165) is 25.3 Å². The monoisotopic (exact) mass is 273 g/mol. The fraction of sp³-hybridized carbons (Fsp3) is 0.438. The van der Waals surface area contributed by atoms with Gasteiger partial charge in [-0.25, -0.2) is 0 Å². The topological polar surface area (TPSA) is 39.1 Å². The molecule has 0 fully saturated rings. The Bertz CT molecular complexity index is 495. The summed E-state index contributed by atoms with van der Waals surface area (Å²) in [7, 11) is 0. The molecule has 0 aliphatic rings. The van der Waals surface area contributed by atoms with E-state index in [-0.39, 0.29) is 6.04 Å². The van der Waals surface area contributed by atoms with Crippen LogP contribution in [0.2, 0.25) is 0 Å². The molecule has 1 N–H and O–H groups in total. The second kappa shape index (κ2) is 7.70. The fourth-order valence-corrected chi connectivity index (χ4v) is 2.17. The molecule has 0 saturated carbocycles. The Morgan fingerprint density at radius 1 is 1.20 bits per heavy atom. The summed E-state index contributed by atoms with van der Waals surface area (Å²) in [5.74, 6) is 0.901. The van der Waals surface area contributed by atoms with Crippen molar-refractivity contribution in [3.05, 3.63) is 48.3 Å². The minimum atomic E-state index is 0.164. The molecule has 1 atom stereocenters. The number of para-hydroxylation sites is 1. The number of rotatable bonds is 8. The van der Waals surface area contributed by atoms with Crippen molar-refractivity contribution in [3.63, 3.8) is 0 Å². The number of nitrogens with zero attached hydrogens (tertiary/aromatic N) is 2. The molecular formula is C16H23N3O. The van der Waals surface area contributed by atoms with Gasteiger partial charge in [0.2, 0.25) is 0 Å². The molecule has 2 rings (SSSR count). The van der Waals surface area contributed by atoms with Crippen molar-refractivity contribution in [1.29, 1.82) is 0 Å². The van der Waals surface area contributed by atoms with Gasteiger partial charge in [-0.3, -0.25) is 4.68 Å². The highest BCUT2D eigenvalue weighted by atomic mass is 16.5. The Hall–Kier alpha value is -1.81. The lowest BCUT2D eigenvalue weighted by molar-refractivity contribution is 0.259. The van der Waals surface area contributed by atoms with Gasteiger partial charge in [0.05, 0.1) is 11.7 Å². The number of aromatic nitrogens is 2. The average molecular weight is 273 g/mol. The lowest BCUT2D eigenvalue weighted by Crippen LogP contribution is -2.29. The maximum absolute atomic E-state index is 5.88. The molecule has 4 heteroatoms. The van der Waals surface area contributed by atoms with E-state index in [1.165, 1.54) is 5.69 Å². The molecule has 0 radical (unpaired) electrons. The highest BCUT2D eigenvalue weighted by molar-refractivity contribution is 5.21. The van der Waals surface area contributed by atoms with Crippen LogP contribution in [0.15, 0.2) is 42.6 Å². The zero-order valence-electron chi connectivity index (χ0n) is 12.2. The Labute approximate surface area is 120 Å². The average Bonchev–Trinajstić information content (AvgIpc) is 2.97. The molecule has 20 heavy (non-hydrogen) atoms. The van der Waals surface area contributed by atoms with Gasteiger partial charge in [0.25, 0.3) is 0 Å². The predicted molar refractivity (Wildman–Crippen MR) is 80.9 cm³/mol. The Kier molecular flexibility index (Phi) is 5.62. The van der Waals surface area contributed by atoms with Crippen LogP contribution in [0.25, 0.3) is 0 Å². The Balaban J connectivity index is 2.04. The van der Waals surface area contributed by atoms with E-state index in [9.17, 15) is 0 Å². The van der Waals surface area contributed by atoms with E-state index in [2.05, 4.69) is 30.3 Å². The highest BCUT2D eigenvalue weighted by Gasteiger charge is 2.15. The second-order valence-electron chi connectivity index (χ2n) is 4.70. The smallest absolute Gasteiger partial charge is 0.119 e. The van der Waals surface area contributed by atoms with E-state index < -0.39 is 0 Å². The van der Waals surface area contributed by atoms with Crippen molar-refractivity contribution < 1.29 is 4.74 Å². The molecule has 0 aliphatic heterocycles. The number of hydrogen-bond donors (Lipinski definition) is 1. The van der Waals surface area contributed by atoms with Crippen molar-refractivity contribution in [3.8, 4) is 5.75 Å². The standard InChI is InChI=1S/C16H23N3O/c1-3-11-17-15(16-10-12-18-19(16)4-2)13-20-14-8-6-5-7-9-14/h5-10,12,15,17H,3-4,11,13H2,1-2H3. The van der Waals surface area contributed by atoms with Crippen molar-refractivity contribution >= 4 is 0 Å². The summed E-state index contributed by atoms with van der Waals surface area (Å²) < 4.78 is 7.90. The summed E-state index contributed by atoms with van der Waals surface area (Å²) in [6, 6.07) is 12.1. The predicted octanol–water partition coefficient (Wildman–Crippen LogP) is 3.02. The third-order valence-corrected chi connectivity index (χ3v) is 3.21. The first-order valence-electron chi connectivity index (χ1n) is 7.28. The van der Waals surface area contributed by atoms with E-state index in [4.69, 9.17) is 4.74 Å². The van der Waals surface area contributed by atoms with Gasteiger partial charge >= 0.3 is 0 Å². The number of hydrogen-bond acceptors (Lipinski definition) is 3. The Morgan fingerprint density at radius 2 is 2.00 bits per heavy atom. The summed E-state index contributed by atoms with van der Waals surface area (Å²) in [4.78, 5) is 0. The molecule has 1 aromatic carbocycles. The SMILES string of the molecule is CCCNC(COc1ccccc1)c1ccnn1CC. The first-order valence-corrected chi connectivity index (χ1v) is 7.28. The summed E-state index contributed by atoms with van der Waals surface area (Å²) in [5.41, 5.74) is 1.18. The molecule has 1 unspecified atom stereocenters. The van der Waals surface area contributed by atoms with Crippen LogP contribution in [0.1, 0.15) is 32.0 Å². The van der Waals surface area contributed by atoms with Crippen molar-refractivity contribution in [2.45, 2.75) is 32.9 Å². The normalized spacial score (nSPS) is 12.3. The molecule has 1 heterocycles. The molecule has 0 spiro atoms. The number of ether oxygens (including phenoxy) is 1. The molecular weight excluding hydrogens is 250 g/mol. The third kappa shape index (κ3) is 3.84. The minimum absolute atomic E-state index is 0.164. The van der Waals surface area contributed by atoms with Crippen LogP contribution in [0.4, 0.5) is 0 Å². The van der Waals surface area contributed by atoms with Crippen LogP contribution in [-0.2, 0) is 6.54 Å². The zero-order chi connectivity index (χ0) is 14.2. The van der Waals surface area contributed by atoms with Gasteiger partial charge in [-0.2, -0.15) is 5.10 Å². The summed E-state index contributed by atoms with van der Waals surface area (Å²) in [5, 5.41) is 7.87. The van der Waals surface area contributed by atoms with Crippen LogP contribution in [0, 0.1) is 0 Å². The maximum atomic E-state index is 5.88. The number of benzene rings is 1. The maximum Gasteiger partial charge on any atom is 0.119 e. The lowest BCUT2D eigenvalue weighted by atomic mass is 10.2. The van der Waals surface area contributed by atoms with Gasteiger partial charge < -0.3 is 10.1 Å². The van der Waals surface area contributed by atoms with Crippen molar-refractivity contribution in [2.24, 2.45) is 0 Å². The van der Waals surface area contributed by atoms with Crippen molar-refractivity contribution in [2.75, 3.05) is 13.2 Å². The van der Waals surface area contributed by atoms with Gasteiger partial charge in [0.1, 0.15) is 12.4 Å². The Morgan fingerprint density at radius 3 is 2.70 bits per heavy atom. The highest BCUT2D eigenvalue weighted by Crippen LogP contribution is 2.16. The summed E-state index contributed by atoms with van der Waals surface area (Å²) in [6.07, 6.45) is 2.95. The van der Waals surface area contributed by atoms with Gasteiger partial charge in [-0.1, -0.05) is 25.1 Å². The molecule has 2 aromatic rings. The summed E-state index contributed by atoms with van der Waals surface area (Å²) >= 11 is 0. The molecule has 1 aromatic heterocycles. The minimum Gasteiger partial charge on any atom is -0.492 e. The molecule has 0 saturated heterocycles. The molecule has 108 valence electrons. The van der Waals surface area contributed by atoms with E-state index >= 15 is 0 Å². The fourth-order valence-electron chi connectivity index (χ4n) is 2.17. The van der Waals surface area contributed by atoms with Crippen LogP contribution in [-0.4, -0.2) is 22.9 Å². The van der Waals surface area contributed by atoms with E-state index in [0.29, 0.717) is 6.61 Å². The van der Waals surface area contributed by atoms with Gasteiger partial charge in [0, 0.05) is 12.7 Å². The second-order valence-corrected chi connectivity index (χ2v) is 4.70. The van der Waals surface area contributed by atoms with E-state index in [1.807, 2.05) is 41.2 Å².